The van der Waals surface area contributed by atoms with Crippen molar-refractivity contribution in [3.63, 3.8) is 0 Å². The SMILES string of the molecule is O=C(NC1CC1)[C@@H](Oc1ccc2cc(Br)ccc2c1)c1ccccc1. The Morgan fingerprint density at radius 1 is 1.00 bits per heavy atom. The smallest absolute Gasteiger partial charge is 0.266 e. The van der Waals surface area contributed by atoms with Gasteiger partial charge in [-0.25, -0.2) is 0 Å². The largest absolute Gasteiger partial charge is 0.476 e. The van der Waals surface area contributed by atoms with Crippen molar-refractivity contribution in [3.8, 4) is 5.75 Å². The van der Waals surface area contributed by atoms with Crippen molar-refractivity contribution in [3.05, 3.63) is 76.8 Å². The molecule has 0 unspecified atom stereocenters. The number of carbonyl (C=O) groups is 1. The lowest BCUT2D eigenvalue weighted by Crippen LogP contribution is -2.33. The van der Waals surface area contributed by atoms with Gasteiger partial charge in [-0.2, -0.15) is 0 Å². The third kappa shape index (κ3) is 3.85. The van der Waals surface area contributed by atoms with Crippen LogP contribution < -0.4 is 10.1 Å². The van der Waals surface area contributed by atoms with Crippen molar-refractivity contribution in [1.29, 1.82) is 0 Å². The number of halogens is 1. The van der Waals surface area contributed by atoms with Crippen LogP contribution in [0.4, 0.5) is 0 Å². The molecule has 0 heterocycles. The van der Waals surface area contributed by atoms with E-state index < -0.39 is 6.10 Å². The molecule has 25 heavy (non-hydrogen) atoms. The lowest BCUT2D eigenvalue weighted by Gasteiger charge is -2.19. The maximum atomic E-state index is 12.7. The summed E-state index contributed by atoms with van der Waals surface area (Å²) < 4.78 is 7.15. The highest BCUT2D eigenvalue weighted by atomic mass is 79.9. The van der Waals surface area contributed by atoms with Gasteiger partial charge in [0.15, 0.2) is 0 Å². The van der Waals surface area contributed by atoms with Crippen LogP contribution in [0.5, 0.6) is 5.75 Å². The van der Waals surface area contributed by atoms with Crippen LogP contribution in [0.15, 0.2) is 71.2 Å². The zero-order valence-corrected chi connectivity index (χ0v) is 15.2. The molecular formula is C21H18BrNO2. The molecular weight excluding hydrogens is 378 g/mol. The van der Waals surface area contributed by atoms with Gasteiger partial charge in [-0.3, -0.25) is 4.79 Å². The van der Waals surface area contributed by atoms with Crippen LogP contribution in [0.1, 0.15) is 24.5 Å². The van der Waals surface area contributed by atoms with E-state index in [-0.39, 0.29) is 5.91 Å². The molecule has 0 saturated heterocycles. The number of hydrogen-bond acceptors (Lipinski definition) is 2. The molecule has 1 fully saturated rings. The molecule has 1 amide bonds. The Hall–Kier alpha value is -2.33. The minimum atomic E-state index is -0.644. The van der Waals surface area contributed by atoms with Crippen LogP contribution in [-0.2, 0) is 4.79 Å². The number of hydrogen-bond donors (Lipinski definition) is 1. The molecule has 0 aromatic heterocycles. The Morgan fingerprint density at radius 2 is 1.72 bits per heavy atom. The van der Waals surface area contributed by atoms with Gasteiger partial charge in [-0.15, -0.1) is 0 Å². The zero-order chi connectivity index (χ0) is 17.2. The van der Waals surface area contributed by atoms with E-state index in [1.54, 1.807) is 0 Å². The predicted octanol–water partition coefficient (Wildman–Crippen LogP) is 5.00. The number of amides is 1. The Kier molecular flexibility index (Phi) is 4.45. The molecule has 1 aliphatic carbocycles. The van der Waals surface area contributed by atoms with Crippen LogP contribution >= 0.6 is 15.9 Å². The van der Waals surface area contributed by atoms with Crippen molar-refractivity contribution in [2.75, 3.05) is 0 Å². The van der Waals surface area contributed by atoms with Crippen molar-refractivity contribution in [2.45, 2.75) is 25.0 Å². The zero-order valence-electron chi connectivity index (χ0n) is 13.6. The molecule has 3 aromatic carbocycles. The molecule has 3 aromatic rings. The highest BCUT2D eigenvalue weighted by Crippen LogP contribution is 2.28. The molecule has 0 bridgehead atoms. The molecule has 1 saturated carbocycles. The second-order valence-corrected chi connectivity index (χ2v) is 7.26. The van der Waals surface area contributed by atoms with Crippen LogP contribution in [0.25, 0.3) is 10.8 Å². The van der Waals surface area contributed by atoms with Crippen molar-refractivity contribution in [1.82, 2.24) is 5.32 Å². The fourth-order valence-electron chi connectivity index (χ4n) is 2.81. The Bertz CT molecular complexity index is 906. The molecule has 4 rings (SSSR count). The van der Waals surface area contributed by atoms with Crippen LogP contribution in [0.2, 0.25) is 0 Å². The average Bonchev–Trinajstić information content (AvgIpc) is 3.44. The minimum Gasteiger partial charge on any atom is -0.476 e. The van der Waals surface area contributed by atoms with E-state index >= 15 is 0 Å². The van der Waals surface area contributed by atoms with E-state index in [1.807, 2.05) is 60.7 Å². The standard InChI is InChI=1S/C21H18BrNO2/c22-17-8-6-16-13-19(11-7-15(16)12-17)25-20(14-4-2-1-3-5-14)21(24)23-18-9-10-18/h1-8,11-13,18,20H,9-10H2,(H,23,24)/t20-/m0/s1. The molecule has 126 valence electrons. The van der Waals surface area contributed by atoms with E-state index in [0.29, 0.717) is 11.8 Å². The maximum absolute atomic E-state index is 12.7. The molecule has 1 N–H and O–H groups in total. The molecule has 0 aliphatic heterocycles. The van der Waals surface area contributed by atoms with Gasteiger partial charge in [0.2, 0.25) is 6.10 Å². The van der Waals surface area contributed by atoms with E-state index in [9.17, 15) is 4.79 Å². The summed E-state index contributed by atoms with van der Waals surface area (Å²) in [4.78, 5) is 12.7. The topological polar surface area (TPSA) is 38.3 Å². The van der Waals surface area contributed by atoms with Gasteiger partial charge in [-0.05, 0) is 47.9 Å². The summed E-state index contributed by atoms with van der Waals surface area (Å²) >= 11 is 3.49. The summed E-state index contributed by atoms with van der Waals surface area (Å²) in [6.07, 6.45) is 1.46. The Morgan fingerprint density at radius 3 is 2.48 bits per heavy atom. The Labute approximate surface area is 155 Å². The number of benzene rings is 3. The first-order chi connectivity index (χ1) is 12.2. The van der Waals surface area contributed by atoms with Gasteiger partial charge in [0, 0.05) is 16.1 Å². The maximum Gasteiger partial charge on any atom is 0.266 e. The van der Waals surface area contributed by atoms with Gasteiger partial charge >= 0.3 is 0 Å². The summed E-state index contributed by atoms with van der Waals surface area (Å²) in [6.45, 7) is 0. The minimum absolute atomic E-state index is 0.0791. The van der Waals surface area contributed by atoms with Crippen LogP contribution in [-0.4, -0.2) is 11.9 Å². The molecule has 3 nitrogen and oxygen atoms in total. The van der Waals surface area contributed by atoms with E-state index in [2.05, 4.69) is 27.3 Å². The third-order valence-corrected chi connectivity index (χ3v) is 4.79. The number of rotatable bonds is 5. The van der Waals surface area contributed by atoms with E-state index in [0.717, 1.165) is 33.7 Å². The summed E-state index contributed by atoms with van der Waals surface area (Å²) in [5.74, 6) is 0.610. The summed E-state index contributed by atoms with van der Waals surface area (Å²) in [5.41, 5.74) is 0.858. The van der Waals surface area contributed by atoms with Gasteiger partial charge in [0.25, 0.3) is 5.91 Å². The molecule has 1 atom stereocenters. The number of nitrogens with one attached hydrogen (secondary N) is 1. The first-order valence-electron chi connectivity index (χ1n) is 8.40. The number of fused-ring (bicyclic) bond motifs is 1. The second kappa shape index (κ2) is 6.89. The molecule has 0 spiro atoms. The number of ether oxygens (including phenoxy) is 1. The molecule has 4 heteroatoms. The highest BCUT2D eigenvalue weighted by Gasteiger charge is 2.29. The molecule has 0 radical (unpaired) electrons. The van der Waals surface area contributed by atoms with Gasteiger partial charge in [0.1, 0.15) is 5.75 Å². The summed E-state index contributed by atoms with van der Waals surface area (Å²) in [5, 5.41) is 5.25. The summed E-state index contributed by atoms with van der Waals surface area (Å²) in [7, 11) is 0. The first-order valence-corrected chi connectivity index (χ1v) is 9.20. The van der Waals surface area contributed by atoms with Crippen molar-refractivity contribution < 1.29 is 9.53 Å². The normalized spacial score (nSPS) is 14.9. The Balaban J connectivity index is 1.63. The quantitative estimate of drug-likeness (QED) is 0.659. The third-order valence-electron chi connectivity index (χ3n) is 4.29. The van der Waals surface area contributed by atoms with Crippen LogP contribution in [0.3, 0.4) is 0 Å². The van der Waals surface area contributed by atoms with Gasteiger partial charge < -0.3 is 10.1 Å². The lowest BCUT2D eigenvalue weighted by atomic mass is 10.1. The van der Waals surface area contributed by atoms with Gasteiger partial charge in [-0.1, -0.05) is 58.4 Å². The number of carbonyl (C=O) groups excluding carboxylic acids is 1. The predicted molar refractivity (Wildman–Crippen MR) is 103 cm³/mol. The van der Waals surface area contributed by atoms with Crippen molar-refractivity contribution in [2.24, 2.45) is 0 Å². The fraction of sp³-hybridized carbons (Fsp3) is 0.190. The second-order valence-electron chi connectivity index (χ2n) is 6.34. The van der Waals surface area contributed by atoms with Gasteiger partial charge in [0.05, 0.1) is 0 Å². The molecule has 1 aliphatic rings. The monoisotopic (exact) mass is 395 g/mol. The van der Waals surface area contributed by atoms with Crippen molar-refractivity contribution >= 4 is 32.6 Å². The first kappa shape index (κ1) is 16.2. The van der Waals surface area contributed by atoms with E-state index in [4.69, 9.17) is 4.74 Å². The average molecular weight is 396 g/mol. The van der Waals surface area contributed by atoms with Crippen LogP contribution in [0, 0.1) is 0 Å². The summed E-state index contributed by atoms with van der Waals surface area (Å²) in [6, 6.07) is 21.9. The lowest BCUT2D eigenvalue weighted by molar-refractivity contribution is -0.128. The highest BCUT2D eigenvalue weighted by molar-refractivity contribution is 9.10. The van der Waals surface area contributed by atoms with E-state index in [1.165, 1.54) is 0 Å². The fourth-order valence-corrected chi connectivity index (χ4v) is 3.19.